The molecular weight excluding hydrogens is 278 g/mol. The number of halogens is 2. The number of aliphatic hydroxyl groups excluding tert-OH is 1. The first-order valence-corrected chi connectivity index (χ1v) is 6.82. The molecule has 21 heavy (non-hydrogen) atoms. The van der Waals surface area contributed by atoms with Crippen molar-refractivity contribution >= 4 is 11.6 Å². The van der Waals surface area contributed by atoms with Gasteiger partial charge in [0.1, 0.15) is 17.3 Å². The summed E-state index contributed by atoms with van der Waals surface area (Å²) in [4.78, 5) is 11.6. The molecule has 1 atom stereocenters. The standard InChI is InChI=1S/C15H22F2N2O2/c1-15(2,3)7-10(20)8-18-9-13(21)19-14-11(16)5-4-6-12(14)17/h4-6,10,18,20H,7-9H2,1-3H3,(H,19,21). The molecule has 3 N–H and O–H groups in total. The summed E-state index contributed by atoms with van der Waals surface area (Å²) in [6.07, 6.45) is 0.00631. The van der Waals surface area contributed by atoms with E-state index in [2.05, 4.69) is 10.6 Å². The Balaban J connectivity index is 2.38. The van der Waals surface area contributed by atoms with Crippen LogP contribution >= 0.6 is 0 Å². The van der Waals surface area contributed by atoms with Crippen LogP contribution in [0.3, 0.4) is 0 Å². The smallest absolute Gasteiger partial charge is 0.238 e. The van der Waals surface area contributed by atoms with Gasteiger partial charge < -0.3 is 15.7 Å². The number of hydrogen-bond donors (Lipinski definition) is 3. The molecule has 1 aromatic rings. The summed E-state index contributed by atoms with van der Waals surface area (Å²) < 4.78 is 26.7. The second kappa shape index (κ2) is 7.47. The maximum Gasteiger partial charge on any atom is 0.238 e. The van der Waals surface area contributed by atoms with E-state index in [1.807, 2.05) is 20.8 Å². The molecule has 1 unspecified atom stereocenters. The van der Waals surface area contributed by atoms with Gasteiger partial charge in [0.2, 0.25) is 5.91 Å². The van der Waals surface area contributed by atoms with Crippen molar-refractivity contribution in [3.63, 3.8) is 0 Å². The van der Waals surface area contributed by atoms with E-state index in [9.17, 15) is 18.7 Å². The van der Waals surface area contributed by atoms with Gasteiger partial charge in [0.15, 0.2) is 0 Å². The minimum absolute atomic E-state index is 0.0142. The molecule has 1 amide bonds. The van der Waals surface area contributed by atoms with E-state index in [0.29, 0.717) is 6.42 Å². The maximum atomic E-state index is 13.3. The lowest BCUT2D eigenvalue weighted by molar-refractivity contribution is -0.115. The van der Waals surface area contributed by atoms with E-state index >= 15 is 0 Å². The fraction of sp³-hybridized carbons (Fsp3) is 0.533. The molecule has 6 heteroatoms. The quantitative estimate of drug-likeness (QED) is 0.755. The number of amides is 1. The highest BCUT2D eigenvalue weighted by Crippen LogP contribution is 2.20. The van der Waals surface area contributed by atoms with Crippen LogP contribution in [0.15, 0.2) is 18.2 Å². The number of rotatable bonds is 6. The van der Waals surface area contributed by atoms with Crippen LogP contribution in [0.5, 0.6) is 0 Å². The summed E-state index contributed by atoms with van der Waals surface area (Å²) in [5.41, 5.74) is -0.473. The highest BCUT2D eigenvalue weighted by Gasteiger charge is 2.17. The molecule has 0 aliphatic heterocycles. The minimum Gasteiger partial charge on any atom is -0.392 e. The number of benzene rings is 1. The Labute approximate surface area is 123 Å². The first-order chi connectivity index (χ1) is 9.69. The Morgan fingerprint density at radius 2 is 1.86 bits per heavy atom. The van der Waals surface area contributed by atoms with Gasteiger partial charge in [-0.15, -0.1) is 0 Å². The molecule has 0 heterocycles. The van der Waals surface area contributed by atoms with Crippen molar-refractivity contribution in [1.82, 2.24) is 5.32 Å². The predicted molar refractivity (Wildman–Crippen MR) is 77.9 cm³/mol. The Morgan fingerprint density at radius 3 is 2.38 bits per heavy atom. The average Bonchev–Trinajstić information content (AvgIpc) is 2.31. The van der Waals surface area contributed by atoms with Crippen LogP contribution in [0.2, 0.25) is 0 Å². The molecule has 0 saturated carbocycles. The van der Waals surface area contributed by atoms with E-state index in [1.54, 1.807) is 0 Å². The van der Waals surface area contributed by atoms with Crippen molar-refractivity contribution in [2.24, 2.45) is 5.41 Å². The number of hydrogen-bond acceptors (Lipinski definition) is 3. The molecular formula is C15H22F2N2O2. The fourth-order valence-corrected chi connectivity index (χ4v) is 1.93. The molecule has 0 aliphatic rings. The van der Waals surface area contributed by atoms with Crippen LogP contribution in [0.1, 0.15) is 27.2 Å². The van der Waals surface area contributed by atoms with Crippen LogP contribution in [0.4, 0.5) is 14.5 Å². The Bertz CT molecular complexity index is 467. The van der Waals surface area contributed by atoms with Crippen LogP contribution in [0.25, 0.3) is 0 Å². The lowest BCUT2D eigenvalue weighted by atomic mass is 9.89. The lowest BCUT2D eigenvalue weighted by Crippen LogP contribution is -2.35. The summed E-state index contributed by atoms with van der Waals surface area (Å²) in [6, 6.07) is 3.36. The van der Waals surface area contributed by atoms with Gasteiger partial charge in [0.05, 0.1) is 12.6 Å². The number of carbonyl (C=O) groups excluding carboxylic acids is 1. The van der Waals surface area contributed by atoms with Gasteiger partial charge in [0.25, 0.3) is 0 Å². The molecule has 1 aromatic carbocycles. The average molecular weight is 300 g/mol. The Hall–Kier alpha value is -1.53. The molecule has 0 radical (unpaired) electrons. The number of anilines is 1. The van der Waals surface area contributed by atoms with Crippen molar-refractivity contribution in [1.29, 1.82) is 0 Å². The fourth-order valence-electron chi connectivity index (χ4n) is 1.93. The zero-order valence-corrected chi connectivity index (χ0v) is 12.5. The Kier molecular flexibility index (Phi) is 6.23. The van der Waals surface area contributed by atoms with Crippen LogP contribution in [0, 0.1) is 17.0 Å². The number of nitrogens with one attached hydrogen (secondary N) is 2. The number of para-hydroxylation sites is 1. The molecule has 0 fully saturated rings. The third-order valence-electron chi connectivity index (χ3n) is 2.74. The normalized spacial score (nSPS) is 13.0. The summed E-state index contributed by atoms with van der Waals surface area (Å²) >= 11 is 0. The number of carbonyl (C=O) groups is 1. The van der Waals surface area contributed by atoms with E-state index in [4.69, 9.17) is 0 Å². The molecule has 4 nitrogen and oxygen atoms in total. The molecule has 1 rings (SSSR count). The second-order valence-corrected chi connectivity index (χ2v) is 6.19. The molecule has 0 aromatic heterocycles. The zero-order chi connectivity index (χ0) is 16.0. The lowest BCUT2D eigenvalue weighted by Gasteiger charge is -2.22. The van der Waals surface area contributed by atoms with Crippen LogP contribution in [-0.4, -0.2) is 30.2 Å². The molecule has 0 saturated heterocycles. The second-order valence-electron chi connectivity index (χ2n) is 6.19. The summed E-state index contributed by atoms with van der Waals surface area (Å²) in [6.45, 7) is 6.12. The first kappa shape index (κ1) is 17.5. The first-order valence-electron chi connectivity index (χ1n) is 6.82. The van der Waals surface area contributed by atoms with E-state index in [-0.39, 0.29) is 18.5 Å². The zero-order valence-electron chi connectivity index (χ0n) is 12.5. The van der Waals surface area contributed by atoms with Gasteiger partial charge in [-0.25, -0.2) is 8.78 Å². The van der Waals surface area contributed by atoms with E-state index < -0.39 is 29.3 Å². The van der Waals surface area contributed by atoms with E-state index in [1.165, 1.54) is 6.07 Å². The third kappa shape index (κ3) is 6.64. The highest BCUT2D eigenvalue weighted by atomic mass is 19.1. The maximum absolute atomic E-state index is 13.3. The third-order valence-corrected chi connectivity index (χ3v) is 2.74. The van der Waals surface area contributed by atoms with Gasteiger partial charge >= 0.3 is 0 Å². The minimum atomic E-state index is -0.823. The van der Waals surface area contributed by atoms with Crippen molar-refractivity contribution in [3.05, 3.63) is 29.8 Å². The molecule has 0 bridgehead atoms. The highest BCUT2D eigenvalue weighted by molar-refractivity contribution is 5.92. The largest absolute Gasteiger partial charge is 0.392 e. The SMILES string of the molecule is CC(C)(C)CC(O)CNCC(=O)Nc1c(F)cccc1F. The predicted octanol–water partition coefficient (Wildman–Crippen LogP) is 2.29. The van der Waals surface area contributed by atoms with Crippen LogP contribution in [-0.2, 0) is 4.79 Å². The van der Waals surface area contributed by atoms with Gasteiger partial charge in [0, 0.05) is 6.54 Å². The van der Waals surface area contributed by atoms with E-state index in [0.717, 1.165) is 12.1 Å². The van der Waals surface area contributed by atoms with Gasteiger partial charge in [-0.2, -0.15) is 0 Å². The Morgan fingerprint density at radius 1 is 1.29 bits per heavy atom. The summed E-state index contributed by atoms with van der Waals surface area (Å²) in [5, 5.41) is 14.7. The molecule has 0 spiro atoms. The van der Waals surface area contributed by atoms with Crippen molar-refractivity contribution in [3.8, 4) is 0 Å². The van der Waals surface area contributed by atoms with Crippen molar-refractivity contribution < 1.29 is 18.7 Å². The number of aliphatic hydroxyl groups is 1. The monoisotopic (exact) mass is 300 g/mol. The molecule has 0 aliphatic carbocycles. The van der Waals surface area contributed by atoms with Gasteiger partial charge in [-0.3, -0.25) is 4.79 Å². The summed E-state index contributed by atoms with van der Waals surface area (Å²) in [7, 11) is 0. The van der Waals surface area contributed by atoms with Crippen molar-refractivity contribution in [2.75, 3.05) is 18.4 Å². The van der Waals surface area contributed by atoms with Crippen molar-refractivity contribution in [2.45, 2.75) is 33.3 Å². The molecule has 118 valence electrons. The van der Waals surface area contributed by atoms with Crippen LogP contribution < -0.4 is 10.6 Å². The summed E-state index contributed by atoms with van der Waals surface area (Å²) in [5.74, 6) is -2.21. The topological polar surface area (TPSA) is 61.4 Å². The van der Waals surface area contributed by atoms with Gasteiger partial charge in [-0.05, 0) is 24.0 Å². The van der Waals surface area contributed by atoms with Gasteiger partial charge in [-0.1, -0.05) is 26.8 Å².